The van der Waals surface area contributed by atoms with Crippen LogP contribution in [0.5, 0.6) is 0 Å². The van der Waals surface area contributed by atoms with Gasteiger partial charge >= 0.3 is 0 Å². The van der Waals surface area contributed by atoms with Gasteiger partial charge < -0.3 is 9.80 Å². The summed E-state index contributed by atoms with van der Waals surface area (Å²) >= 11 is 0. The zero-order valence-corrected chi connectivity index (χ0v) is 13.6. The first-order chi connectivity index (χ1) is 10.5. The maximum Gasteiger partial charge on any atom is 0.245 e. The molecule has 2 heterocycles. The Labute approximate surface area is 132 Å². The Kier molecular flexibility index (Phi) is 3.94. The maximum absolute atomic E-state index is 12.7. The first-order valence-corrected chi connectivity index (χ1v) is 8.13. The molecule has 22 heavy (non-hydrogen) atoms. The predicted molar refractivity (Wildman–Crippen MR) is 85.5 cm³/mol. The standard InChI is InChI=1S/C18H24N2O2/c1-12-6-7-13(2)15(9-12)10-17(21)20-11-16-5-4-8-19(16)18(22)14(20)3/h6-7,9,14,16H,4-5,8,10-11H2,1-3H3/t14-,16+/m1/s1. The van der Waals surface area contributed by atoms with Crippen LogP contribution in [0.4, 0.5) is 0 Å². The number of carbonyl (C=O) groups excluding carboxylic acids is 2. The number of rotatable bonds is 2. The van der Waals surface area contributed by atoms with Gasteiger partial charge in [-0.2, -0.15) is 0 Å². The topological polar surface area (TPSA) is 40.6 Å². The second kappa shape index (κ2) is 5.75. The van der Waals surface area contributed by atoms with Gasteiger partial charge in [-0.15, -0.1) is 0 Å². The molecule has 0 aliphatic carbocycles. The van der Waals surface area contributed by atoms with Crippen LogP contribution >= 0.6 is 0 Å². The molecule has 0 saturated carbocycles. The van der Waals surface area contributed by atoms with Crippen LogP contribution in [0, 0.1) is 13.8 Å². The summed E-state index contributed by atoms with van der Waals surface area (Å²) in [7, 11) is 0. The monoisotopic (exact) mass is 300 g/mol. The average Bonchev–Trinajstić information content (AvgIpc) is 2.95. The van der Waals surface area contributed by atoms with Crippen molar-refractivity contribution in [3.63, 3.8) is 0 Å². The molecule has 0 unspecified atom stereocenters. The van der Waals surface area contributed by atoms with E-state index in [1.54, 1.807) is 4.90 Å². The molecule has 2 aliphatic heterocycles. The van der Waals surface area contributed by atoms with Gasteiger partial charge in [0.15, 0.2) is 0 Å². The number of nitrogens with zero attached hydrogens (tertiary/aromatic N) is 2. The van der Waals surface area contributed by atoms with E-state index < -0.39 is 0 Å². The molecule has 2 aliphatic rings. The van der Waals surface area contributed by atoms with Gasteiger partial charge in [0.2, 0.25) is 11.8 Å². The van der Waals surface area contributed by atoms with E-state index in [1.165, 1.54) is 0 Å². The quantitative estimate of drug-likeness (QED) is 0.839. The van der Waals surface area contributed by atoms with Gasteiger partial charge in [-0.3, -0.25) is 9.59 Å². The number of fused-ring (bicyclic) bond motifs is 1. The fraction of sp³-hybridized carbons (Fsp3) is 0.556. The lowest BCUT2D eigenvalue weighted by Crippen LogP contribution is -2.60. The molecule has 0 N–H and O–H groups in total. The normalized spacial score (nSPS) is 24.6. The van der Waals surface area contributed by atoms with Crippen LogP contribution in [-0.4, -0.2) is 46.8 Å². The van der Waals surface area contributed by atoms with Crippen LogP contribution < -0.4 is 0 Å². The molecule has 0 bridgehead atoms. The third-order valence-electron chi connectivity index (χ3n) is 5.06. The SMILES string of the molecule is Cc1ccc(C)c(CC(=O)N2C[C@@H]3CCCN3C(=O)[C@H]2C)c1. The van der Waals surface area contributed by atoms with E-state index in [0.29, 0.717) is 13.0 Å². The molecule has 1 aromatic carbocycles. The summed E-state index contributed by atoms with van der Waals surface area (Å²) in [6.07, 6.45) is 2.46. The second-order valence-corrected chi connectivity index (χ2v) is 6.66. The van der Waals surface area contributed by atoms with E-state index in [1.807, 2.05) is 25.7 Å². The van der Waals surface area contributed by atoms with Crippen molar-refractivity contribution < 1.29 is 9.59 Å². The number of carbonyl (C=O) groups is 2. The summed E-state index contributed by atoms with van der Waals surface area (Å²) in [5.74, 6) is 0.184. The lowest BCUT2D eigenvalue weighted by atomic mass is 10.0. The van der Waals surface area contributed by atoms with Gasteiger partial charge in [0.1, 0.15) is 6.04 Å². The van der Waals surface area contributed by atoms with Crippen LogP contribution in [0.3, 0.4) is 0 Å². The largest absolute Gasteiger partial charge is 0.336 e. The smallest absolute Gasteiger partial charge is 0.245 e. The Morgan fingerprint density at radius 1 is 1.32 bits per heavy atom. The Hall–Kier alpha value is -1.84. The minimum atomic E-state index is -0.327. The molecule has 2 fully saturated rings. The summed E-state index contributed by atoms with van der Waals surface area (Å²) in [5.41, 5.74) is 3.37. The summed E-state index contributed by atoms with van der Waals surface area (Å²) in [6, 6.07) is 6.10. The van der Waals surface area contributed by atoms with Gasteiger partial charge in [-0.05, 0) is 44.7 Å². The lowest BCUT2D eigenvalue weighted by Gasteiger charge is -2.41. The number of amides is 2. The molecule has 4 nitrogen and oxygen atoms in total. The van der Waals surface area contributed by atoms with Gasteiger partial charge in [0, 0.05) is 19.1 Å². The van der Waals surface area contributed by atoms with E-state index >= 15 is 0 Å². The van der Waals surface area contributed by atoms with Crippen LogP contribution in [0.15, 0.2) is 18.2 Å². The van der Waals surface area contributed by atoms with Gasteiger partial charge in [0.25, 0.3) is 0 Å². The van der Waals surface area contributed by atoms with Gasteiger partial charge in [0.05, 0.1) is 6.42 Å². The van der Waals surface area contributed by atoms with Crippen molar-refractivity contribution in [2.75, 3.05) is 13.1 Å². The van der Waals surface area contributed by atoms with Crippen molar-refractivity contribution >= 4 is 11.8 Å². The predicted octanol–water partition coefficient (Wildman–Crippen LogP) is 2.07. The van der Waals surface area contributed by atoms with E-state index in [2.05, 4.69) is 18.2 Å². The highest BCUT2D eigenvalue weighted by Gasteiger charge is 2.41. The molecule has 4 heteroatoms. The fourth-order valence-corrected chi connectivity index (χ4v) is 3.65. The highest BCUT2D eigenvalue weighted by molar-refractivity contribution is 5.90. The Bertz CT molecular complexity index is 611. The molecule has 0 radical (unpaired) electrons. The van der Waals surface area contributed by atoms with E-state index in [4.69, 9.17) is 0 Å². The molecule has 2 saturated heterocycles. The second-order valence-electron chi connectivity index (χ2n) is 6.66. The average molecular weight is 300 g/mol. The lowest BCUT2D eigenvalue weighted by molar-refractivity contribution is -0.152. The first-order valence-electron chi connectivity index (χ1n) is 8.13. The van der Waals surface area contributed by atoms with Gasteiger partial charge in [-0.1, -0.05) is 23.8 Å². The zero-order valence-electron chi connectivity index (χ0n) is 13.6. The third-order valence-corrected chi connectivity index (χ3v) is 5.06. The molecular formula is C18H24N2O2. The van der Waals surface area contributed by atoms with Crippen LogP contribution in [0.1, 0.15) is 36.5 Å². The molecule has 1 aromatic rings. The molecule has 2 atom stereocenters. The van der Waals surface area contributed by atoms with E-state index in [9.17, 15) is 9.59 Å². The van der Waals surface area contributed by atoms with Crippen molar-refractivity contribution in [3.8, 4) is 0 Å². The summed E-state index contributed by atoms with van der Waals surface area (Å²) < 4.78 is 0. The van der Waals surface area contributed by atoms with E-state index in [0.717, 1.165) is 36.1 Å². The Balaban J connectivity index is 1.77. The molecule has 0 spiro atoms. The van der Waals surface area contributed by atoms with E-state index in [-0.39, 0.29) is 23.9 Å². The summed E-state index contributed by atoms with van der Waals surface area (Å²) in [4.78, 5) is 28.9. The van der Waals surface area contributed by atoms with Crippen LogP contribution in [-0.2, 0) is 16.0 Å². The number of piperazine rings is 1. The molecule has 118 valence electrons. The Morgan fingerprint density at radius 2 is 2.09 bits per heavy atom. The minimum absolute atomic E-state index is 0.0705. The third kappa shape index (κ3) is 2.62. The number of hydrogen-bond acceptors (Lipinski definition) is 2. The van der Waals surface area contributed by atoms with Crippen molar-refractivity contribution in [2.45, 2.75) is 52.1 Å². The highest BCUT2D eigenvalue weighted by Crippen LogP contribution is 2.26. The minimum Gasteiger partial charge on any atom is -0.336 e. The molecule has 2 amide bonds. The number of hydrogen-bond donors (Lipinski definition) is 0. The molecular weight excluding hydrogens is 276 g/mol. The Morgan fingerprint density at radius 3 is 2.86 bits per heavy atom. The number of benzene rings is 1. The van der Waals surface area contributed by atoms with Gasteiger partial charge in [-0.25, -0.2) is 0 Å². The van der Waals surface area contributed by atoms with Crippen LogP contribution in [0.25, 0.3) is 0 Å². The maximum atomic E-state index is 12.7. The number of aryl methyl sites for hydroxylation is 2. The highest BCUT2D eigenvalue weighted by atomic mass is 16.2. The van der Waals surface area contributed by atoms with Crippen molar-refractivity contribution in [2.24, 2.45) is 0 Å². The zero-order chi connectivity index (χ0) is 15.9. The molecule has 3 rings (SSSR count). The van der Waals surface area contributed by atoms with Crippen molar-refractivity contribution in [1.82, 2.24) is 9.80 Å². The summed E-state index contributed by atoms with van der Waals surface area (Å²) in [5, 5.41) is 0. The first kappa shape index (κ1) is 15.1. The van der Waals surface area contributed by atoms with Crippen molar-refractivity contribution in [3.05, 3.63) is 34.9 Å². The fourth-order valence-electron chi connectivity index (χ4n) is 3.65. The molecule has 0 aromatic heterocycles. The summed E-state index contributed by atoms with van der Waals surface area (Å²) in [6.45, 7) is 7.48. The van der Waals surface area contributed by atoms with Crippen molar-refractivity contribution in [1.29, 1.82) is 0 Å². The van der Waals surface area contributed by atoms with Crippen LogP contribution in [0.2, 0.25) is 0 Å².